The van der Waals surface area contributed by atoms with Gasteiger partial charge in [0, 0.05) is 34.4 Å². The van der Waals surface area contributed by atoms with Crippen molar-refractivity contribution >= 4 is 29.0 Å². The van der Waals surface area contributed by atoms with Gasteiger partial charge in [-0.1, -0.05) is 60.1 Å². The highest BCUT2D eigenvalue weighted by Gasteiger charge is 2.08. The number of hydrogen-bond acceptors (Lipinski definition) is 4. The summed E-state index contributed by atoms with van der Waals surface area (Å²) in [4.78, 5) is 21.2. The van der Waals surface area contributed by atoms with Crippen molar-refractivity contribution in [3.8, 4) is 11.3 Å². The van der Waals surface area contributed by atoms with Gasteiger partial charge in [0.25, 0.3) is 5.91 Å². The molecule has 0 bridgehead atoms. The smallest absolute Gasteiger partial charge is 0.251 e. The van der Waals surface area contributed by atoms with Gasteiger partial charge < -0.3 is 10.6 Å². The monoisotopic (exact) mass is 414 g/mol. The van der Waals surface area contributed by atoms with Crippen LogP contribution in [-0.2, 0) is 6.54 Å². The molecule has 1 aromatic heterocycles. The third-order valence-electron chi connectivity index (χ3n) is 4.50. The number of rotatable bonds is 6. The lowest BCUT2D eigenvalue weighted by molar-refractivity contribution is 0.0951. The average molecular weight is 415 g/mol. The highest BCUT2D eigenvalue weighted by molar-refractivity contribution is 6.30. The quantitative estimate of drug-likeness (QED) is 0.439. The number of amides is 1. The summed E-state index contributed by atoms with van der Waals surface area (Å²) in [6.07, 6.45) is 1.52. The number of aromatic nitrogens is 2. The minimum Gasteiger partial charge on any atom is -0.348 e. The lowest BCUT2D eigenvalue weighted by atomic mass is 10.1. The zero-order valence-corrected chi connectivity index (χ0v) is 16.8. The number of benzene rings is 3. The first kappa shape index (κ1) is 19.6. The molecular formula is C24H19ClN4O. The summed E-state index contributed by atoms with van der Waals surface area (Å²) in [7, 11) is 0. The van der Waals surface area contributed by atoms with Crippen LogP contribution in [0.5, 0.6) is 0 Å². The van der Waals surface area contributed by atoms with Crippen molar-refractivity contribution in [3.05, 3.63) is 107 Å². The van der Waals surface area contributed by atoms with Crippen molar-refractivity contribution in [3.63, 3.8) is 0 Å². The zero-order chi connectivity index (χ0) is 20.8. The molecule has 0 atom stereocenters. The molecule has 5 nitrogen and oxygen atoms in total. The molecule has 3 aromatic carbocycles. The van der Waals surface area contributed by atoms with Gasteiger partial charge in [-0.2, -0.15) is 0 Å². The predicted octanol–water partition coefficient (Wildman–Crippen LogP) is 5.47. The largest absolute Gasteiger partial charge is 0.348 e. The maximum atomic E-state index is 12.5. The van der Waals surface area contributed by atoms with E-state index in [-0.39, 0.29) is 5.91 Å². The molecule has 1 heterocycles. The molecule has 4 aromatic rings. The van der Waals surface area contributed by atoms with Crippen molar-refractivity contribution in [1.82, 2.24) is 15.3 Å². The first-order valence-corrected chi connectivity index (χ1v) is 9.82. The van der Waals surface area contributed by atoms with Crippen molar-refractivity contribution in [2.75, 3.05) is 5.32 Å². The summed E-state index contributed by atoms with van der Waals surface area (Å²) in [6.45, 7) is 0.431. The molecule has 6 heteroatoms. The summed E-state index contributed by atoms with van der Waals surface area (Å²) in [6, 6.07) is 26.5. The third-order valence-corrected chi connectivity index (χ3v) is 4.75. The summed E-state index contributed by atoms with van der Waals surface area (Å²) < 4.78 is 0. The van der Waals surface area contributed by atoms with Gasteiger partial charge in [-0.15, -0.1) is 0 Å². The number of halogens is 1. The standard InChI is InChI=1S/C24H19ClN4O/c25-20-11-9-17(10-12-20)15-26-24(30)19-7-4-8-21(13-19)29-23-14-22(27-16-28-23)18-5-2-1-3-6-18/h1-14,16H,15H2,(H,26,30)(H,27,28,29). The minimum atomic E-state index is -0.152. The van der Waals surface area contributed by atoms with E-state index in [9.17, 15) is 4.79 Å². The molecule has 0 saturated heterocycles. The molecule has 30 heavy (non-hydrogen) atoms. The lowest BCUT2D eigenvalue weighted by Crippen LogP contribution is -2.22. The summed E-state index contributed by atoms with van der Waals surface area (Å²) in [5.41, 5.74) is 4.15. The van der Waals surface area contributed by atoms with E-state index >= 15 is 0 Å². The highest BCUT2D eigenvalue weighted by Crippen LogP contribution is 2.21. The van der Waals surface area contributed by atoms with Crippen LogP contribution in [0.25, 0.3) is 11.3 Å². The van der Waals surface area contributed by atoms with Gasteiger partial charge in [-0.05, 0) is 35.9 Å². The van der Waals surface area contributed by atoms with Gasteiger partial charge in [-0.3, -0.25) is 4.79 Å². The van der Waals surface area contributed by atoms with Crippen molar-refractivity contribution in [1.29, 1.82) is 0 Å². The molecule has 0 aliphatic rings. The van der Waals surface area contributed by atoms with Crippen molar-refractivity contribution in [2.24, 2.45) is 0 Å². The molecule has 0 unspecified atom stereocenters. The normalized spacial score (nSPS) is 10.4. The van der Waals surface area contributed by atoms with E-state index in [2.05, 4.69) is 20.6 Å². The Morgan fingerprint density at radius 1 is 0.867 bits per heavy atom. The van der Waals surface area contributed by atoms with Gasteiger partial charge in [0.05, 0.1) is 5.69 Å². The van der Waals surface area contributed by atoms with E-state index in [1.54, 1.807) is 24.3 Å². The molecule has 0 aliphatic heterocycles. The first-order chi connectivity index (χ1) is 14.7. The fourth-order valence-corrected chi connectivity index (χ4v) is 3.09. The molecular weight excluding hydrogens is 396 g/mol. The fourth-order valence-electron chi connectivity index (χ4n) is 2.97. The Morgan fingerprint density at radius 3 is 2.47 bits per heavy atom. The van der Waals surface area contributed by atoms with E-state index in [0.717, 1.165) is 22.5 Å². The summed E-state index contributed by atoms with van der Waals surface area (Å²) in [5.74, 6) is 0.504. The molecule has 0 spiro atoms. The number of nitrogens with zero attached hydrogens (tertiary/aromatic N) is 2. The minimum absolute atomic E-state index is 0.152. The second-order valence-corrected chi connectivity index (χ2v) is 7.11. The van der Waals surface area contributed by atoms with Gasteiger partial charge >= 0.3 is 0 Å². The topological polar surface area (TPSA) is 66.9 Å². The van der Waals surface area contributed by atoms with E-state index in [1.807, 2.05) is 60.7 Å². The number of hydrogen-bond donors (Lipinski definition) is 2. The Kier molecular flexibility index (Phi) is 6.01. The molecule has 4 rings (SSSR count). The number of carbonyl (C=O) groups is 1. The summed E-state index contributed by atoms with van der Waals surface area (Å²) in [5, 5.41) is 6.83. The molecule has 0 saturated carbocycles. The Bertz CT molecular complexity index is 1150. The van der Waals surface area contributed by atoms with Crippen molar-refractivity contribution < 1.29 is 4.79 Å². The van der Waals surface area contributed by atoms with Crippen LogP contribution in [0.1, 0.15) is 15.9 Å². The van der Waals surface area contributed by atoms with E-state index in [0.29, 0.717) is 22.9 Å². The van der Waals surface area contributed by atoms with Crippen LogP contribution in [0.2, 0.25) is 5.02 Å². The zero-order valence-electron chi connectivity index (χ0n) is 16.0. The summed E-state index contributed by atoms with van der Waals surface area (Å²) >= 11 is 5.90. The predicted molar refractivity (Wildman–Crippen MR) is 120 cm³/mol. The van der Waals surface area contributed by atoms with Gasteiger partial charge in [0.15, 0.2) is 0 Å². The molecule has 0 fully saturated rings. The van der Waals surface area contributed by atoms with Crippen molar-refractivity contribution in [2.45, 2.75) is 6.54 Å². The molecule has 0 aliphatic carbocycles. The van der Waals surface area contributed by atoms with E-state index < -0.39 is 0 Å². The molecule has 1 amide bonds. The second-order valence-electron chi connectivity index (χ2n) is 6.67. The van der Waals surface area contributed by atoms with Gasteiger partial charge in [-0.25, -0.2) is 9.97 Å². The van der Waals surface area contributed by atoms with E-state index in [4.69, 9.17) is 11.6 Å². The van der Waals surface area contributed by atoms with Crippen LogP contribution in [0.4, 0.5) is 11.5 Å². The maximum absolute atomic E-state index is 12.5. The SMILES string of the molecule is O=C(NCc1ccc(Cl)cc1)c1cccc(Nc2cc(-c3ccccc3)ncn2)c1. The fraction of sp³-hybridized carbons (Fsp3) is 0.0417. The Labute approximate surface area is 179 Å². The van der Waals surface area contributed by atoms with Crippen LogP contribution < -0.4 is 10.6 Å². The van der Waals surface area contributed by atoms with Crippen LogP contribution in [0.15, 0.2) is 91.3 Å². The Morgan fingerprint density at radius 2 is 1.67 bits per heavy atom. The first-order valence-electron chi connectivity index (χ1n) is 9.44. The van der Waals surface area contributed by atoms with Gasteiger partial charge in [0.2, 0.25) is 0 Å². The van der Waals surface area contributed by atoms with E-state index in [1.165, 1.54) is 6.33 Å². The average Bonchev–Trinajstić information content (AvgIpc) is 2.79. The van der Waals surface area contributed by atoms with Crippen LogP contribution >= 0.6 is 11.6 Å². The number of carbonyl (C=O) groups excluding carboxylic acids is 1. The van der Waals surface area contributed by atoms with Crippen LogP contribution in [0, 0.1) is 0 Å². The maximum Gasteiger partial charge on any atom is 0.251 e. The molecule has 2 N–H and O–H groups in total. The Balaban J connectivity index is 1.44. The van der Waals surface area contributed by atoms with Crippen LogP contribution in [0.3, 0.4) is 0 Å². The highest BCUT2D eigenvalue weighted by atomic mass is 35.5. The van der Waals surface area contributed by atoms with Gasteiger partial charge in [0.1, 0.15) is 12.1 Å². The number of anilines is 2. The number of nitrogens with one attached hydrogen (secondary N) is 2. The third kappa shape index (κ3) is 5.01. The Hall–Kier alpha value is -3.70. The second kappa shape index (κ2) is 9.20. The van der Waals surface area contributed by atoms with Crippen LogP contribution in [-0.4, -0.2) is 15.9 Å². The molecule has 148 valence electrons. The molecule has 0 radical (unpaired) electrons. The lowest BCUT2D eigenvalue weighted by Gasteiger charge is -2.10.